The molecule has 3 nitrogen and oxygen atoms in total. The molecule has 1 atom stereocenters. The Morgan fingerprint density at radius 1 is 1.20 bits per heavy atom. The molecule has 20 heavy (non-hydrogen) atoms. The molecule has 0 unspecified atom stereocenters. The Morgan fingerprint density at radius 2 is 1.85 bits per heavy atom. The van der Waals surface area contributed by atoms with Crippen LogP contribution in [0.4, 0.5) is 17.6 Å². The molecule has 1 saturated heterocycles. The molecular weight excluding hydrogens is 276 g/mol. The number of piperazine rings is 1. The first-order valence-corrected chi connectivity index (χ1v) is 6.36. The zero-order valence-corrected chi connectivity index (χ0v) is 10.8. The zero-order valence-electron chi connectivity index (χ0n) is 10.8. The Bertz CT molecular complexity index is 433. The van der Waals surface area contributed by atoms with Gasteiger partial charge in [-0.15, -0.1) is 13.2 Å². The third-order valence-electron chi connectivity index (χ3n) is 3.24. The second-order valence-corrected chi connectivity index (χ2v) is 4.54. The van der Waals surface area contributed by atoms with E-state index in [1.54, 1.807) is 6.07 Å². The van der Waals surface area contributed by atoms with Gasteiger partial charge in [-0.25, -0.2) is 4.39 Å². The van der Waals surface area contributed by atoms with Gasteiger partial charge >= 0.3 is 6.36 Å². The summed E-state index contributed by atoms with van der Waals surface area (Å²) < 4.78 is 54.5. The van der Waals surface area contributed by atoms with E-state index in [1.807, 2.05) is 4.90 Å². The molecular formula is C13H16F4N2O. The van der Waals surface area contributed by atoms with E-state index in [2.05, 4.69) is 10.1 Å². The third kappa shape index (κ3) is 3.83. The van der Waals surface area contributed by atoms with E-state index in [-0.39, 0.29) is 11.3 Å². The number of hydrogen-bond acceptors (Lipinski definition) is 3. The van der Waals surface area contributed by atoms with Crippen molar-refractivity contribution in [3.05, 3.63) is 29.8 Å². The molecule has 0 spiro atoms. The van der Waals surface area contributed by atoms with Gasteiger partial charge in [-0.3, -0.25) is 4.90 Å². The maximum atomic E-state index is 13.3. The van der Waals surface area contributed by atoms with Gasteiger partial charge in [0.1, 0.15) is 12.4 Å². The Balaban J connectivity index is 2.24. The Morgan fingerprint density at radius 3 is 2.45 bits per heavy atom. The smallest absolute Gasteiger partial charge is 0.405 e. The number of nitrogens with zero attached hydrogens (tertiary/aromatic N) is 1. The van der Waals surface area contributed by atoms with Crippen molar-refractivity contribution in [2.45, 2.75) is 12.4 Å². The highest BCUT2D eigenvalue weighted by molar-refractivity contribution is 5.36. The second kappa shape index (κ2) is 6.41. The maximum absolute atomic E-state index is 13.3. The number of benzene rings is 1. The highest BCUT2D eigenvalue weighted by atomic mass is 19.4. The minimum Gasteiger partial charge on any atom is -0.405 e. The van der Waals surface area contributed by atoms with Crippen molar-refractivity contribution in [2.75, 3.05) is 32.9 Å². The van der Waals surface area contributed by atoms with Crippen molar-refractivity contribution in [1.29, 1.82) is 0 Å². The molecule has 1 fully saturated rings. The van der Waals surface area contributed by atoms with Gasteiger partial charge in [0, 0.05) is 31.7 Å². The van der Waals surface area contributed by atoms with Gasteiger partial charge < -0.3 is 10.1 Å². The summed E-state index contributed by atoms with van der Waals surface area (Å²) in [4.78, 5) is 1.83. The number of nitrogens with one attached hydrogen (secondary N) is 1. The topological polar surface area (TPSA) is 24.5 Å². The number of rotatable bonds is 4. The van der Waals surface area contributed by atoms with Crippen molar-refractivity contribution in [1.82, 2.24) is 10.2 Å². The zero-order chi connectivity index (χ0) is 14.6. The van der Waals surface area contributed by atoms with Crippen molar-refractivity contribution in [3.63, 3.8) is 0 Å². The monoisotopic (exact) mass is 292 g/mol. The number of hydrogen-bond donors (Lipinski definition) is 1. The summed E-state index contributed by atoms with van der Waals surface area (Å²) in [7, 11) is 0. The van der Waals surface area contributed by atoms with Crippen LogP contribution in [0, 0.1) is 0 Å². The van der Waals surface area contributed by atoms with Crippen LogP contribution in [0.3, 0.4) is 0 Å². The van der Waals surface area contributed by atoms with Crippen LogP contribution in [0.2, 0.25) is 0 Å². The van der Waals surface area contributed by atoms with Gasteiger partial charge in [0.05, 0.1) is 6.04 Å². The summed E-state index contributed by atoms with van der Waals surface area (Å²) in [6, 6.07) is 5.01. The van der Waals surface area contributed by atoms with Crippen LogP contribution < -0.4 is 10.1 Å². The van der Waals surface area contributed by atoms with Crippen molar-refractivity contribution in [3.8, 4) is 5.75 Å². The van der Waals surface area contributed by atoms with Gasteiger partial charge in [0.15, 0.2) is 0 Å². The highest BCUT2D eigenvalue weighted by Crippen LogP contribution is 2.33. The Labute approximate surface area is 114 Å². The molecule has 1 heterocycles. The maximum Gasteiger partial charge on any atom is 0.573 e. The summed E-state index contributed by atoms with van der Waals surface area (Å²) in [5.74, 6) is -0.332. The quantitative estimate of drug-likeness (QED) is 0.863. The molecule has 1 aromatic rings. The van der Waals surface area contributed by atoms with Crippen molar-refractivity contribution in [2.24, 2.45) is 0 Å². The summed E-state index contributed by atoms with van der Waals surface area (Å²) in [5.41, 5.74) is 0.231. The van der Waals surface area contributed by atoms with E-state index in [4.69, 9.17) is 0 Å². The van der Waals surface area contributed by atoms with E-state index in [9.17, 15) is 17.6 Å². The molecule has 1 aliphatic heterocycles. The van der Waals surface area contributed by atoms with Gasteiger partial charge in [0.25, 0.3) is 0 Å². The van der Waals surface area contributed by atoms with Crippen LogP contribution in [-0.2, 0) is 0 Å². The molecule has 0 aromatic heterocycles. The van der Waals surface area contributed by atoms with Crippen LogP contribution in [0.15, 0.2) is 24.3 Å². The predicted molar refractivity (Wildman–Crippen MR) is 66.3 cm³/mol. The minimum absolute atomic E-state index is 0.231. The Kier molecular flexibility index (Phi) is 4.82. The van der Waals surface area contributed by atoms with E-state index in [0.717, 1.165) is 0 Å². The molecule has 7 heteroatoms. The fourth-order valence-electron chi connectivity index (χ4n) is 2.34. The third-order valence-corrected chi connectivity index (χ3v) is 3.24. The molecule has 112 valence electrons. The lowest BCUT2D eigenvalue weighted by atomic mass is 10.0. The molecule has 2 rings (SSSR count). The highest BCUT2D eigenvalue weighted by Gasteiger charge is 2.34. The fourth-order valence-corrected chi connectivity index (χ4v) is 2.34. The molecule has 1 N–H and O–H groups in total. The average Bonchev–Trinajstić information content (AvgIpc) is 2.41. The van der Waals surface area contributed by atoms with Gasteiger partial charge in [-0.05, 0) is 6.07 Å². The van der Waals surface area contributed by atoms with Crippen LogP contribution in [0.25, 0.3) is 0 Å². The number of alkyl halides is 4. The lowest BCUT2D eigenvalue weighted by Crippen LogP contribution is -2.45. The molecule has 1 aromatic carbocycles. The van der Waals surface area contributed by atoms with E-state index < -0.39 is 19.1 Å². The van der Waals surface area contributed by atoms with E-state index >= 15 is 0 Å². The van der Waals surface area contributed by atoms with Crippen LogP contribution in [-0.4, -0.2) is 44.1 Å². The SMILES string of the molecule is FC[C@H](c1ccccc1OC(F)(F)F)N1CCNCC1. The fraction of sp³-hybridized carbons (Fsp3) is 0.538. The average molecular weight is 292 g/mol. The van der Waals surface area contributed by atoms with Crippen molar-refractivity contribution < 1.29 is 22.3 Å². The number of para-hydroxylation sites is 1. The van der Waals surface area contributed by atoms with Crippen molar-refractivity contribution >= 4 is 0 Å². The van der Waals surface area contributed by atoms with E-state index in [1.165, 1.54) is 18.2 Å². The molecule has 0 amide bonds. The predicted octanol–water partition coefficient (Wildman–Crippen LogP) is 2.50. The van der Waals surface area contributed by atoms with Gasteiger partial charge in [-0.1, -0.05) is 18.2 Å². The summed E-state index contributed by atoms with van der Waals surface area (Å²) >= 11 is 0. The van der Waals surface area contributed by atoms with Crippen LogP contribution in [0.1, 0.15) is 11.6 Å². The van der Waals surface area contributed by atoms with Crippen LogP contribution >= 0.6 is 0 Å². The first-order chi connectivity index (χ1) is 9.51. The Hall–Kier alpha value is -1.34. The second-order valence-electron chi connectivity index (χ2n) is 4.54. The normalized spacial score (nSPS) is 18.8. The first-order valence-electron chi connectivity index (χ1n) is 6.36. The molecule has 0 saturated carbocycles. The largest absolute Gasteiger partial charge is 0.573 e. The van der Waals surface area contributed by atoms with Crippen LogP contribution in [0.5, 0.6) is 5.75 Å². The lowest BCUT2D eigenvalue weighted by Gasteiger charge is -2.34. The standard InChI is InChI=1S/C13H16F4N2O/c14-9-11(19-7-5-18-6-8-19)10-3-1-2-4-12(10)20-13(15,16)17/h1-4,11,18H,5-9H2/t11-/m1/s1. The summed E-state index contributed by atoms with van der Waals surface area (Å²) in [6.07, 6.45) is -4.78. The number of ether oxygens (including phenoxy) is 1. The molecule has 0 aliphatic carbocycles. The first kappa shape index (κ1) is 15.1. The number of halogens is 4. The summed E-state index contributed by atoms with van der Waals surface area (Å²) in [5, 5.41) is 3.12. The van der Waals surface area contributed by atoms with Gasteiger partial charge in [-0.2, -0.15) is 0 Å². The molecule has 1 aliphatic rings. The lowest BCUT2D eigenvalue weighted by molar-refractivity contribution is -0.275. The molecule has 0 radical (unpaired) electrons. The molecule has 0 bridgehead atoms. The summed E-state index contributed by atoms with van der Waals surface area (Å²) in [6.45, 7) is 1.82. The van der Waals surface area contributed by atoms with E-state index in [0.29, 0.717) is 26.2 Å². The minimum atomic E-state index is -4.78. The van der Waals surface area contributed by atoms with Gasteiger partial charge in [0.2, 0.25) is 0 Å².